The zero-order valence-electron chi connectivity index (χ0n) is 16.5. The molecule has 0 unspecified atom stereocenters. The highest BCUT2D eigenvalue weighted by Crippen LogP contribution is 2.24. The molecule has 0 aliphatic carbocycles. The second kappa shape index (κ2) is 7.59. The van der Waals surface area contributed by atoms with Gasteiger partial charge in [0.15, 0.2) is 16.5 Å². The van der Waals surface area contributed by atoms with Crippen LogP contribution in [0, 0.1) is 20.8 Å². The van der Waals surface area contributed by atoms with E-state index in [-0.39, 0.29) is 10.7 Å². The fraction of sp³-hybridized carbons (Fsp3) is 0.158. The first-order valence-corrected chi connectivity index (χ1v) is 10.5. The first kappa shape index (κ1) is 19.6. The van der Waals surface area contributed by atoms with E-state index < -0.39 is 10.0 Å². The molecule has 2 N–H and O–H groups in total. The Morgan fingerprint density at radius 2 is 1.77 bits per heavy atom. The normalized spacial score (nSPS) is 11.4. The molecule has 10 nitrogen and oxygen atoms in total. The van der Waals surface area contributed by atoms with Gasteiger partial charge in [0.1, 0.15) is 17.3 Å². The fourth-order valence-corrected chi connectivity index (χ4v) is 4.36. The van der Waals surface area contributed by atoms with E-state index in [0.717, 1.165) is 5.69 Å². The molecule has 0 aliphatic rings. The third kappa shape index (κ3) is 4.01. The summed E-state index contributed by atoms with van der Waals surface area (Å²) in [5.74, 6) is 2.07. The Labute approximate surface area is 173 Å². The molecule has 0 amide bonds. The Morgan fingerprint density at radius 1 is 1.03 bits per heavy atom. The molecule has 3 aromatic heterocycles. The van der Waals surface area contributed by atoms with Gasteiger partial charge in [0.05, 0.1) is 0 Å². The minimum atomic E-state index is -3.80. The van der Waals surface area contributed by atoms with Crippen LogP contribution in [0.15, 0.2) is 58.2 Å². The summed E-state index contributed by atoms with van der Waals surface area (Å²) < 4.78 is 34.4. The van der Waals surface area contributed by atoms with Crippen molar-refractivity contribution in [1.82, 2.24) is 24.9 Å². The van der Waals surface area contributed by atoms with E-state index in [4.69, 9.17) is 4.52 Å². The molecular formula is C19H19N7O3S. The zero-order valence-corrected chi connectivity index (χ0v) is 17.3. The van der Waals surface area contributed by atoms with Gasteiger partial charge in [0, 0.05) is 29.8 Å². The molecule has 154 valence electrons. The van der Waals surface area contributed by atoms with Gasteiger partial charge in [-0.2, -0.15) is 5.10 Å². The number of anilines is 3. The van der Waals surface area contributed by atoms with Gasteiger partial charge in [-0.15, -0.1) is 0 Å². The van der Waals surface area contributed by atoms with Crippen molar-refractivity contribution < 1.29 is 12.9 Å². The molecule has 0 aliphatic heterocycles. The number of aryl methyl sites for hydroxylation is 3. The molecule has 0 radical (unpaired) electrons. The van der Waals surface area contributed by atoms with Crippen molar-refractivity contribution in [2.45, 2.75) is 25.7 Å². The van der Waals surface area contributed by atoms with Gasteiger partial charge < -0.3 is 9.84 Å². The van der Waals surface area contributed by atoms with E-state index in [0.29, 0.717) is 28.8 Å². The standard InChI is InChI=1S/C19H19N7O3S/c1-12-19(13(2)29-24-12)30(27,28)25-16-7-5-15(6-8-16)23-17-11-18(22-14(3)21-17)26-10-4-9-20-26/h4-11,25H,1-3H3,(H,21,22,23). The Morgan fingerprint density at radius 3 is 2.40 bits per heavy atom. The van der Waals surface area contributed by atoms with Crippen molar-refractivity contribution in [3.8, 4) is 5.82 Å². The number of nitrogens with one attached hydrogen (secondary N) is 2. The third-order valence-corrected chi connectivity index (χ3v) is 5.83. The van der Waals surface area contributed by atoms with Crippen molar-refractivity contribution in [3.63, 3.8) is 0 Å². The highest BCUT2D eigenvalue weighted by molar-refractivity contribution is 7.92. The topological polar surface area (TPSA) is 128 Å². The SMILES string of the molecule is Cc1nc(Nc2ccc(NS(=O)(=O)c3c(C)noc3C)cc2)cc(-n2cccn2)n1. The highest BCUT2D eigenvalue weighted by Gasteiger charge is 2.24. The summed E-state index contributed by atoms with van der Waals surface area (Å²) >= 11 is 0. The predicted octanol–water partition coefficient (Wildman–Crippen LogP) is 3.12. The van der Waals surface area contributed by atoms with Gasteiger partial charge in [-0.3, -0.25) is 4.72 Å². The van der Waals surface area contributed by atoms with Gasteiger partial charge in [0.2, 0.25) is 0 Å². The van der Waals surface area contributed by atoms with Gasteiger partial charge in [-0.1, -0.05) is 5.16 Å². The Hall–Kier alpha value is -3.73. The number of rotatable bonds is 6. The fourth-order valence-electron chi connectivity index (χ4n) is 2.97. The van der Waals surface area contributed by atoms with E-state index in [2.05, 4.69) is 30.3 Å². The first-order valence-electron chi connectivity index (χ1n) is 9.00. The van der Waals surface area contributed by atoms with Crippen LogP contribution in [0.5, 0.6) is 0 Å². The summed E-state index contributed by atoms with van der Waals surface area (Å²) in [5, 5.41) is 11.1. The minimum Gasteiger partial charge on any atom is -0.360 e. The molecule has 4 rings (SSSR count). The molecule has 0 spiro atoms. The average molecular weight is 425 g/mol. The zero-order chi connectivity index (χ0) is 21.3. The van der Waals surface area contributed by atoms with Crippen LogP contribution in [0.3, 0.4) is 0 Å². The predicted molar refractivity (Wildman–Crippen MR) is 110 cm³/mol. The second-order valence-corrected chi connectivity index (χ2v) is 8.19. The first-order chi connectivity index (χ1) is 14.3. The summed E-state index contributed by atoms with van der Waals surface area (Å²) in [5.41, 5.74) is 1.46. The monoisotopic (exact) mass is 425 g/mol. The van der Waals surface area contributed by atoms with Crippen LogP contribution in [0.25, 0.3) is 5.82 Å². The van der Waals surface area contributed by atoms with E-state index >= 15 is 0 Å². The second-order valence-electron chi connectivity index (χ2n) is 6.57. The maximum atomic E-state index is 12.6. The Bertz CT molecular complexity index is 1260. The Balaban J connectivity index is 1.52. The number of hydrogen-bond acceptors (Lipinski definition) is 8. The molecule has 0 bridgehead atoms. The maximum absolute atomic E-state index is 12.6. The average Bonchev–Trinajstić information content (AvgIpc) is 3.33. The van der Waals surface area contributed by atoms with Crippen molar-refractivity contribution >= 4 is 27.2 Å². The number of nitrogens with zero attached hydrogens (tertiary/aromatic N) is 5. The lowest BCUT2D eigenvalue weighted by Gasteiger charge is -2.11. The molecule has 11 heteroatoms. The molecule has 0 saturated carbocycles. The largest absolute Gasteiger partial charge is 0.360 e. The lowest BCUT2D eigenvalue weighted by atomic mass is 10.3. The maximum Gasteiger partial charge on any atom is 0.267 e. The highest BCUT2D eigenvalue weighted by atomic mass is 32.2. The van der Waals surface area contributed by atoms with Gasteiger partial charge in [-0.25, -0.2) is 23.1 Å². The quantitative estimate of drug-likeness (QED) is 0.482. The molecule has 30 heavy (non-hydrogen) atoms. The molecular weight excluding hydrogens is 406 g/mol. The van der Waals surface area contributed by atoms with E-state index in [1.54, 1.807) is 68.2 Å². The number of sulfonamides is 1. The van der Waals surface area contributed by atoms with Crippen molar-refractivity contribution in [2.75, 3.05) is 10.0 Å². The van der Waals surface area contributed by atoms with Crippen molar-refractivity contribution in [2.24, 2.45) is 0 Å². The minimum absolute atomic E-state index is 0.0484. The van der Waals surface area contributed by atoms with Crippen LogP contribution < -0.4 is 10.0 Å². The molecule has 1 aromatic carbocycles. The molecule has 0 fully saturated rings. The lowest BCUT2D eigenvalue weighted by molar-refractivity contribution is 0.390. The van der Waals surface area contributed by atoms with Crippen LogP contribution in [-0.4, -0.2) is 33.3 Å². The van der Waals surface area contributed by atoms with Crippen LogP contribution in [0.2, 0.25) is 0 Å². The van der Waals surface area contributed by atoms with Crippen LogP contribution in [0.1, 0.15) is 17.3 Å². The smallest absolute Gasteiger partial charge is 0.267 e. The Kier molecular flexibility index (Phi) is 4.96. The molecule has 3 heterocycles. The third-order valence-electron chi connectivity index (χ3n) is 4.21. The molecule has 0 saturated heterocycles. The van der Waals surface area contributed by atoms with Gasteiger partial charge in [0.25, 0.3) is 10.0 Å². The molecule has 0 atom stereocenters. The van der Waals surface area contributed by atoms with Crippen molar-refractivity contribution in [3.05, 3.63) is 66.1 Å². The number of aromatic nitrogens is 5. The van der Waals surface area contributed by atoms with Crippen molar-refractivity contribution in [1.29, 1.82) is 0 Å². The number of hydrogen-bond donors (Lipinski definition) is 2. The summed E-state index contributed by atoms with van der Waals surface area (Å²) in [6, 6.07) is 10.4. The summed E-state index contributed by atoms with van der Waals surface area (Å²) in [4.78, 5) is 8.80. The summed E-state index contributed by atoms with van der Waals surface area (Å²) in [6.45, 7) is 4.94. The van der Waals surface area contributed by atoms with Crippen LogP contribution >= 0.6 is 0 Å². The van der Waals surface area contributed by atoms with Crippen LogP contribution in [0.4, 0.5) is 17.2 Å². The van der Waals surface area contributed by atoms with E-state index in [9.17, 15) is 8.42 Å². The summed E-state index contributed by atoms with van der Waals surface area (Å²) in [7, 11) is -3.80. The van der Waals surface area contributed by atoms with E-state index in [1.807, 2.05) is 6.07 Å². The van der Waals surface area contributed by atoms with Gasteiger partial charge >= 0.3 is 0 Å². The summed E-state index contributed by atoms with van der Waals surface area (Å²) in [6.07, 6.45) is 3.47. The van der Waals surface area contributed by atoms with E-state index in [1.165, 1.54) is 0 Å². The number of benzene rings is 1. The van der Waals surface area contributed by atoms with Crippen LogP contribution in [-0.2, 0) is 10.0 Å². The van der Waals surface area contributed by atoms with Gasteiger partial charge in [-0.05, 0) is 51.1 Å². The lowest BCUT2D eigenvalue weighted by Crippen LogP contribution is -2.14. The molecule has 4 aromatic rings.